The van der Waals surface area contributed by atoms with Gasteiger partial charge in [-0.2, -0.15) is 0 Å². The Balaban J connectivity index is 2.27. The van der Waals surface area contributed by atoms with Gasteiger partial charge in [0.2, 0.25) is 10.0 Å². The lowest BCUT2D eigenvalue weighted by Gasteiger charge is -2.46. The van der Waals surface area contributed by atoms with Crippen LogP contribution in [0.25, 0.3) is 0 Å². The Hall–Kier alpha value is -0.820. The summed E-state index contributed by atoms with van der Waals surface area (Å²) in [4.78, 5) is 0.119. The number of rotatable bonds is 8. The van der Waals surface area contributed by atoms with Gasteiger partial charge < -0.3 is 10.1 Å². The molecule has 0 aromatic heterocycles. The lowest BCUT2D eigenvalue weighted by molar-refractivity contribution is 0.157. The van der Waals surface area contributed by atoms with Crippen molar-refractivity contribution in [2.24, 2.45) is 0 Å². The third-order valence-corrected chi connectivity index (χ3v) is 6.98. The van der Waals surface area contributed by atoms with Crippen LogP contribution in [0.15, 0.2) is 17.0 Å². The fourth-order valence-corrected chi connectivity index (χ4v) is 5.80. The van der Waals surface area contributed by atoms with Gasteiger partial charge in [0.15, 0.2) is 0 Å². The van der Waals surface area contributed by atoms with Crippen LogP contribution in [-0.2, 0) is 10.0 Å². The summed E-state index contributed by atoms with van der Waals surface area (Å²) >= 11 is 6.25. The molecule has 1 saturated heterocycles. The van der Waals surface area contributed by atoms with Gasteiger partial charge in [-0.1, -0.05) is 31.4 Å². The molecule has 160 valence electrons. The third kappa shape index (κ3) is 6.34. The van der Waals surface area contributed by atoms with Gasteiger partial charge >= 0.3 is 0 Å². The zero-order valence-electron chi connectivity index (χ0n) is 18.0. The van der Waals surface area contributed by atoms with Crippen molar-refractivity contribution in [3.8, 4) is 5.75 Å². The summed E-state index contributed by atoms with van der Waals surface area (Å²) in [6.45, 7) is 12.9. The highest BCUT2D eigenvalue weighted by molar-refractivity contribution is 7.89. The molecule has 1 fully saturated rings. The van der Waals surface area contributed by atoms with Crippen LogP contribution >= 0.6 is 11.6 Å². The van der Waals surface area contributed by atoms with Crippen molar-refractivity contribution < 1.29 is 13.2 Å². The van der Waals surface area contributed by atoms with Gasteiger partial charge in [-0.3, -0.25) is 0 Å². The second kappa shape index (κ2) is 8.90. The van der Waals surface area contributed by atoms with Gasteiger partial charge in [0.05, 0.1) is 6.61 Å². The van der Waals surface area contributed by atoms with Crippen LogP contribution in [0.4, 0.5) is 0 Å². The lowest BCUT2D eigenvalue weighted by atomic mass is 9.80. The summed E-state index contributed by atoms with van der Waals surface area (Å²) in [7, 11) is -3.76. The molecule has 0 aliphatic carbocycles. The van der Waals surface area contributed by atoms with Crippen LogP contribution in [0.1, 0.15) is 72.3 Å². The summed E-state index contributed by atoms with van der Waals surface area (Å²) in [6.07, 6.45) is 4.44. The topological polar surface area (TPSA) is 67.4 Å². The molecule has 0 unspecified atom stereocenters. The minimum Gasteiger partial charge on any atom is -0.492 e. The number of aryl methyl sites for hydroxylation is 1. The van der Waals surface area contributed by atoms with Crippen molar-refractivity contribution in [2.45, 2.75) is 95.7 Å². The smallest absolute Gasteiger partial charge is 0.244 e. The first-order valence-corrected chi connectivity index (χ1v) is 12.0. The molecule has 1 aliphatic rings. The Morgan fingerprint density at radius 2 is 1.79 bits per heavy atom. The number of nitrogens with one attached hydrogen (secondary N) is 2. The molecule has 28 heavy (non-hydrogen) atoms. The number of hydrogen-bond acceptors (Lipinski definition) is 4. The van der Waals surface area contributed by atoms with Gasteiger partial charge in [0.25, 0.3) is 0 Å². The zero-order valence-corrected chi connectivity index (χ0v) is 19.6. The Kier molecular flexibility index (Phi) is 7.46. The molecule has 5 nitrogen and oxygen atoms in total. The third-order valence-electron chi connectivity index (χ3n) is 5.03. The predicted octanol–water partition coefficient (Wildman–Crippen LogP) is 4.80. The Morgan fingerprint density at radius 1 is 1.18 bits per heavy atom. The van der Waals surface area contributed by atoms with E-state index in [1.54, 1.807) is 6.07 Å². The van der Waals surface area contributed by atoms with Gasteiger partial charge in [0, 0.05) is 22.1 Å². The minimum atomic E-state index is -3.76. The molecule has 0 saturated carbocycles. The van der Waals surface area contributed by atoms with Crippen molar-refractivity contribution in [1.29, 1.82) is 0 Å². The number of hydrogen-bond donors (Lipinski definition) is 2. The molecular weight excluding hydrogens is 396 g/mol. The quantitative estimate of drug-likeness (QED) is 0.581. The maximum atomic E-state index is 13.2. The number of ether oxygens (including phenoxy) is 1. The van der Waals surface area contributed by atoms with Crippen LogP contribution in [0, 0.1) is 6.92 Å². The highest BCUT2D eigenvalue weighted by Gasteiger charge is 2.39. The largest absolute Gasteiger partial charge is 0.492 e. The molecule has 0 radical (unpaired) electrons. The summed E-state index contributed by atoms with van der Waals surface area (Å²) in [6, 6.07) is 3.06. The molecule has 1 aromatic carbocycles. The average molecular weight is 431 g/mol. The lowest BCUT2D eigenvalue weighted by Crippen LogP contribution is -2.62. The molecule has 0 bridgehead atoms. The number of sulfonamides is 1. The van der Waals surface area contributed by atoms with Crippen LogP contribution in [0.3, 0.4) is 0 Å². The fourth-order valence-electron chi connectivity index (χ4n) is 4.18. The molecule has 1 heterocycles. The van der Waals surface area contributed by atoms with Gasteiger partial charge in [-0.05, 0) is 71.6 Å². The second-order valence-corrected chi connectivity index (χ2v) is 11.3. The van der Waals surface area contributed by atoms with E-state index in [1.165, 1.54) is 6.07 Å². The molecule has 1 aromatic rings. The summed E-state index contributed by atoms with van der Waals surface area (Å²) in [5.41, 5.74) is 0.494. The number of halogens is 1. The minimum absolute atomic E-state index is 0.119. The van der Waals surface area contributed by atoms with Crippen molar-refractivity contribution in [3.05, 3.63) is 22.7 Å². The van der Waals surface area contributed by atoms with Crippen LogP contribution < -0.4 is 14.8 Å². The van der Waals surface area contributed by atoms with Gasteiger partial charge in [-0.15, -0.1) is 0 Å². The maximum Gasteiger partial charge on any atom is 0.244 e. The van der Waals surface area contributed by atoms with E-state index >= 15 is 0 Å². The van der Waals surface area contributed by atoms with Crippen LogP contribution in [-0.4, -0.2) is 32.1 Å². The molecule has 7 heteroatoms. The van der Waals surface area contributed by atoms with Gasteiger partial charge in [-0.25, -0.2) is 13.1 Å². The van der Waals surface area contributed by atoms with Crippen molar-refractivity contribution in [1.82, 2.24) is 10.0 Å². The SMILES string of the molecule is CCCCCOc1cc(C)c(Cl)cc1S(=O)(=O)NC1CC(C)(C)NC(C)(C)C1. The number of piperidine rings is 1. The Morgan fingerprint density at radius 3 is 2.36 bits per heavy atom. The van der Waals surface area contributed by atoms with Crippen molar-refractivity contribution >= 4 is 21.6 Å². The van der Waals surface area contributed by atoms with Crippen molar-refractivity contribution in [2.75, 3.05) is 6.61 Å². The van der Waals surface area contributed by atoms with Crippen molar-refractivity contribution in [3.63, 3.8) is 0 Å². The van der Waals surface area contributed by atoms with Crippen LogP contribution in [0.5, 0.6) is 5.75 Å². The first-order valence-electron chi connectivity index (χ1n) is 10.1. The van der Waals surface area contributed by atoms with E-state index in [-0.39, 0.29) is 22.0 Å². The molecule has 2 rings (SSSR count). The average Bonchev–Trinajstić information content (AvgIpc) is 2.50. The summed E-state index contributed by atoms with van der Waals surface area (Å²) in [5.74, 6) is 0.373. The number of benzene rings is 1. The molecule has 2 N–H and O–H groups in total. The molecule has 0 atom stereocenters. The molecule has 1 aliphatic heterocycles. The Bertz CT molecular complexity index is 775. The highest BCUT2D eigenvalue weighted by atomic mass is 35.5. The highest BCUT2D eigenvalue weighted by Crippen LogP contribution is 2.33. The predicted molar refractivity (Wildman–Crippen MR) is 116 cm³/mol. The monoisotopic (exact) mass is 430 g/mol. The van der Waals surface area contributed by atoms with E-state index in [9.17, 15) is 8.42 Å². The van der Waals surface area contributed by atoms with E-state index in [2.05, 4.69) is 44.7 Å². The van der Waals surface area contributed by atoms with Crippen LogP contribution in [0.2, 0.25) is 5.02 Å². The Labute approximate surface area is 175 Å². The first kappa shape index (κ1) is 23.5. The molecular formula is C21H35ClN2O3S. The summed E-state index contributed by atoms with van der Waals surface area (Å²) < 4.78 is 35.2. The standard InChI is InChI=1S/C21H35ClN2O3S/c1-7-8-9-10-27-18-11-15(2)17(22)12-19(18)28(25,26)23-16-13-20(3,4)24-21(5,6)14-16/h11-12,16,23-24H,7-10,13-14H2,1-6H3. The van der Waals surface area contributed by atoms with E-state index in [1.807, 2.05) is 6.92 Å². The maximum absolute atomic E-state index is 13.2. The summed E-state index contributed by atoms with van der Waals surface area (Å²) in [5, 5.41) is 4.00. The molecule has 0 amide bonds. The normalized spacial score (nSPS) is 19.5. The molecule has 0 spiro atoms. The van der Waals surface area contributed by atoms with Gasteiger partial charge in [0.1, 0.15) is 10.6 Å². The number of unbranched alkanes of at least 4 members (excludes halogenated alkanes) is 2. The van der Waals surface area contributed by atoms with E-state index in [4.69, 9.17) is 16.3 Å². The van der Waals surface area contributed by atoms with E-state index < -0.39 is 10.0 Å². The zero-order chi connectivity index (χ0) is 21.2. The van der Waals surface area contributed by atoms with E-state index in [0.29, 0.717) is 30.2 Å². The fraction of sp³-hybridized carbons (Fsp3) is 0.714. The first-order chi connectivity index (χ1) is 12.9. The van der Waals surface area contributed by atoms with E-state index in [0.717, 1.165) is 24.8 Å². The second-order valence-electron chi connectivity index (χ2n) is 9.22.